The van der Waals surface area contributed by atoms with Gasteiger partial charge in [-0.05, 0) is 51.3 Å². The van der Waals surface area contributed by atoms with Crippen LogP contribution < -0.4 is 15.5 Å². The van der Waals surface area contributed by atoms with Gasteiger partial charge in [-0.2, -0.15) is 0 Å². The summed E-state index contributed by atoms with van der Waals surface area (Å²) in [6.07, 6.45) is 0.882. The minimum absolute atomic E-state index is 0.0915. The topological polar surface area (TPSA) is 89.6 Å². The van der Waals surface area contributed by atoms with E-state index in [-0.39, 0.29) is 11.1 Å². The number of ether oxygens (including phenoxy) is 1. The first-order valence-electron chi connectivity index (χ1n) is 9.01. The Bertz CT molecular complexity index is 1100. The average Bonchev–Trinajstić information content (AvgIpc) is 2.68. The quantitative estimate of drug-likeness (QED) is 0.292. The zero-order valence-corrected chi connectivity index (χ0v) is 16.5. The van der Waals surface area contributed by atoms with Crippen molar-refractivity contribution in [3.8, 4) is 5.75 Å². The minimum Gasteiger partial charge on any atom is -0.497 e. The van der Waals surface area contributed by atoms with Crippen LogP contribution in [-0.4, -0.2) is 48.7 Å². The number of non-ortho nitro benzene ring substituents is 1. The highest BCUT2D eigenvalue weighted by Gasteiger charge is 2.21. The molecule has 3 rings (SSSR count). The molecule has 0 spiro atoms. The van der Waals surface area contributed by atoms with Gasteiger partial charge in [-0.1, -0.05) is 0 Å². The van der Waals surface area contributed by atoms with Crippen molar-refractivity contribution in [2.75, 3.05) is 39.6 Å². The van der Waals surface area contributed by atoms with E-state index >= 15 is 0 Å². The van der Waals surface area contributed by atoms with Gasteiger partial charge in [0.25, 0.3) is 5.69 Å². The number of nitrogens with zero attached hydrogens (tertiary/aromatic N) is 3. The van der Waals surface area contributed by atoms with Crippen LogP contribution in [0.15, 0.2) is 35.1 Å². The molecule has 0 aliphatic rings. The van der Waals surface area contributed by atoms with Crippen LogP contribution in [0.4, 0.5) is 11.4 Å². The van der Waals surface area contributed by atoms with Crippen molar-refractivity contribution in [3.63, 3.8) is 0 Å². The molecule has 2 aromatic carbocycles. The first-order chi connectivity index (χ1) is 13.3. The van der Waals surface area contributed by atoms with Crippen LogP contribution in [0.25, 0.3) is 21.8 Å². The standard InChI is InChI=1S/C20H24N4O4/c1-22(2)11-5-10-21-15-7-9-17(24(26)27)19-18(15)20(25)14-12-13(28-4)6-8-16(14)23(19)3/h6-9,12,21H,5,10-11H2,1-4H3. The van der Waals surface area contributed by atoms with E-state index in [0.29, 0.717) is 39.8 Å². The van der Waals surface area contributed by atoms with Gasteiger partial charge in [0.15, 0.2) is 5.43 Å². The zero-order chi connectivity index (χ0) is 20.4. The van der Waals surface area contributed by atoms with Crippen molar-refractivity contribution in [3.05, 3.63) is 50.7 Å². The molecule has 28 heavy (non-hydrogen) atoms. The van der Waals surface area contributed by atoms with Crippen LogP contribution in [0.2, 0.25) is 0 Å². The highest BCUT2D eigenvalue weighted by Crippen LogP contribution is 2.32. The number of hydrogen-bond acceptors (Lipinski definition) is 6. The molecule has 0 radical (unpaired) electrons. The summed E-state index contributed by atoms with van der Waals surface area (Å²) in [7, 11) is 7.27. The Morgan fingerprint density at radius 2 is 2.00 bits per heavy atom. The number of rotatable bonds is 7. The third kappa shape index (κ3) is 3.50. The van der Waals surface area contributed by atoms with Gasteiger partial charge < -0.3 is 19.5 Å². The summed E-state index contributed by atoms with van der Waals surface area (Å²) in [5, 5.41) is 15.7. The number of nitro groups is 1. The smallest absolute Gasteiger partial charge is 0.293 e. The van der Waals surface area contributed by atoms with Gasteiger partial charge in [0.2, 0.25) is 0 Å². The third-order valence-corrected chi connectivity index (χ3v) is 4.82. The molecule has 148 valence electrons. The maximum Gasteiger partial charge on any atom is 0.293 e. The summed E-state index contributed by atoms with van der Waals surface area (Å²) < 4.78 is 6.95. The fraction of sp³-hybridized carbons (Fsp3) is 0.350. The van der Waals surface area contributed by atoms with E-state index in [0.717, 1.165) is 13.0 Å². The second-order valence-electron chi connectivity index (χ2n) is 6.97. The summed E-state index contributed by atoms with van der Waals surface area (Å²) in [6.45, 7) is 1.56. The Morgan fingerprint density at radius 3 is 2.64 bits per heavy atom. The molecule has 1 aromatic heterocycles. The molecule has 1 heterocycles. The first-order valence-corrected chi connectivity index (χ1v) is 9.01. The van der Waals surface area contributed by atoms with Crippen molar-refractivity contribution >= 4 is 33.2 Å². The number of nitrogens with one attached hydrogen (secondary N) is 1. The van der Waals surface area contributed by atoms with Gasteiger partial charge in [0, 0.05) is 25.3 Å². The Balaban J connectivity index is 2.26. The molecule has 0 aliphatic carbocycles. The lowest BCUT2D eigenvalue weighted by atomic mass is 10.1. The molecule has 0 aliphatic heterocycles. The molecule has 0 fully saturated rings. The van der Waals surface area contributed by atoms with Crippen LogP contribution >= 0.6 is 0 Å². The predicted octanol–water partition coefficient (Wildman–Crippen LogP) is 2.97. The monoisotopic (exact) mass is 384 g/mol. The van der Waals surface area contributed by atoms with Crippen LogP contribution in [0.3, 0.4) is 0 Å². The third-order valence-electron chi connectivity index (χ3n) is 4.82. The number of pyridine rings is 1. The van der Waals surface area contributed by atoms with Gasteiger partial charge in [-0.3, -0.25) is 14.9 Å². The number of aromatic nitrogens is 1. The van der Waals surface area contributed by atoms with Gasteiger partial charge in [0.1, 0.15) is 11.3 Å². The largest absolute Gasteiger partial charge is 0.497 e. The minimum atomic E-state index is -0.451. The Kier molecular flexibility index (Phi) is 5.51. The summed E-state index contributed by atoms with van der Waals surface area (Å²) in [6, 6.07) is 8.22. The molecule has 8 nitrogen and oxygen atoms in total. The van der Waals surface area contributed by atoms with Crippen molar-refractivity contribution in [1.29, 1.82) is 0 Å². The van der Waals surface area contributed by atoms with Gasteiger partial charge in [0.05, 0.1) is 28.3 Å². The molecule has 0 saturated carbocycles. The van der Waals surface area contributed by atoms with E-state index in [1.807, 2.05) is 14.1 Å². The Hall–Kier alpha value is -3.13. The Labute approximate surface area is 162 Å². The fourth-order valence-electron chi connectivity index (χ4n) is 3.43. The zero-order valence-electron chi connectivity index (χ0n) is 16.5. The van der Waals surface area contributed by atoms with E-state index in [9.17, 15) is 14.9 Å². The van der Waals surface area contributed by atoms with Crippen molar-refractivity contribution in [2.24, 2.45) is 7.05 Å². The van der Waals surface area contributed by atoms with E-state index in [1.54, 1.807) is 35.9 Å². The predicted molar refractivity (Wildman–Crippen MR) is 112 cm³/mol. The van der Waals surface area contributed by atoms with Gasteiger partial charge >= 0.3 is 0 Å². The number of hydrogen-bond donors (Lipinski definition) is 1. The van der Waals surface area contributed by atoms with E-state index in [4.69, 9.17) is 4.74 Å². The van der Waals surface area contributed by atoms with Crippen LogP contribution in [0.1, 0.15) is 6.42 Å². The van der Waals surface area contributed by atoms with E-state index in [2.05, 4.69) is 10.2 Å². The lowest BCUT2D eigenvalue weighted by Crippen LogP contribution is -2.17. The number of fused-ring (bicyclic) bond motifs is 2. The summed E-state index contributed by atoms with van der Waals surface area (Å²) in [4.78, 5) is 26.5. The molecule has 0 bridgehead atoms. The highest BCUT2D eigenvalue weighted by molar-refractivity contribution is 6.04. The van der Waals surface area contributed by atoms with Crippen LogP contribution in [0.5, 0.6) is 5.75 Å². The summed E-state index contributed by atoms with van der Waals surface area (Å²) >= 11 is 0. The highest BCUT2D eigenvalue weighted by atomic mass is 16.6. The molecular formula is C20H24N4O4. The number of methoxy groups -OCH3 is 1. The van der Waals surface area contributed by atoms with Gasteiger partial charge in [-0.25, -0.2) is 0 Å². The van der Waals surface area contributed by atoms with Crippen molar-refractivity contribution in [1.82, 2.24) is 9.47 Å². The second-order valence-corrected chi connectivity index (χ2v) is 6.97. The molecule has 0 unspecified atom stereocenters. The maximum atomic E-state index is 13.3. The lowest BCUT2D eigenvalue weighted by Gasteiger charge is -2.16. The first kappa shape index (κ1) is 19.6. The van der Waals surface area contributed by atoms with Gasteiger partial charge in [-0.15, -0.1) is 0 Å². The molecule has 0 amide bonds. The molecule has 0 saturated heterocycles. The van der Waals surface area contributed by atoms with E-state index < -0.39 is 4.92 Å². The van der Waals surface area contributed by atoms with E-state index in [1.165, 1.54) is 13.2 Å². The maximum absolute atomic E-state index is 13.3. The van der Waals surface area contributed by atoms with Crippen LogP contribution in [0, 0.1) is 10.1 Å². The van der Waals surface area contributed by atoms with Crippen molar-refractivity contribution in [2.45, 2.75) is 6.42 Å². The molecule has 1 N–H and O–H groups in total. The van der Waals surface area contributed by atoms with Crippen molar-refractivity contribution < 1.29 is 9.66 Å². The SMILES string of the molecule is COc1ccc2c(c1)c(=O)c1c(NCCCN(C)C)ccc([N+](=O)[O-])c1n2C. The lowest BCUT2D eigenvalue weighted by molar-refractivity contribution is -0.383. The molecule has 8 heteroatoms. The molecular weight excluding hydrogens is 360 g/mol. The Morgan fingerprint density at radius 1 is 1.25 bits per heavy atom. The average molecular weight is 384 g/mol. The number of anilines is 1. The number of benzene rings is 2. The summed E-state index contributed by atoms with van der Waals surface area (Å²) in [5.74, 6) is 0.565. The van der Waals surface area contributed by atoms with Crippen LogP contribution in [-0.2, 0) is 7.05 Å². The number of nitro benzene ring substituents is 1. The summed E-state index contributed by atoms with van der Waals surface area (Å²) in [5.41, 5.74) is 1.19. The normalized spacial score (nSPS) is 11.3. The number of aryl methyl sites for hydroxylation is 1. The second kappa shape index (κ2) is 7.85. The molecule has 0 atom stereocenters. The fourth-order valence-corrected chi connectivity index (χ4v) is 3.43. The molecule has 3 aromatic rings.